The van der Waals surface area contributed by atoms with Crippen LogP contribution in [0.15, 0.2) is 12.3 Å². The van der Waals surface area contributed by atoms with Gasteiger partial charge in [-0.2, -0.15) is 0 Å². The van der Waals surface area contributed by atoms with Crippen molar-refractivity contribution in [3.05, 3.63) is 18.0 Å². The van der Waals surface area contributed by atoms with Crippen LogP contribution in [0.25, 0.3) is 0 Å². The van der Waals surface area contributed by atoms with E-state index in [4.69, 9.17) is 11.1 Å². The van der Waals surface area contributed by atoms with Gasteiger partial charge in [0, 0.05) is 6.07 Å². The predicted molar refractivity (Wildman–Crippen MR) is 42.0 cm³/mol. The highest BCUT2D eigenvalue weighted by atomic mass is 15.0. The standard InChI is InChI=1S/C6H7N5/c1-9-6-10-3-2-4(11-6)5(7)8/h2-3H,1H2,(H3,7,8)/q+1. The SMILES string of the molecule is C=[N+]c1nccc(C(=N)N)n1. The van der Waals surface area contributed by atoms with Gasteiger partial charge in [0.1, 0.15) is 6.20 Å². The summed E-state index contributed by atoms with van der Waals surface area (Å²) >= 11 is 0. The van der Waals surface area contributed by atoms with Gasteiger partial charge < -0.3 is 5.73 Å². The molecule has 0 aliphatic carbocycles. The van der Waals surface area contributed by atoms with Gasteiger partial charge >= 0.3 is 5.95 Å². The first-order chi connectivity index (χ1) is 5.24. The van der Waals surface area contributed by atoms with E-state index in [1.165, 1.54) is 12.3 Å². The van der Waals surface area contributed by atoms with Gasteiger partial charge in [0.2, 0.25) is 0 Å². The van der Waals surface area contributed by atoms with E-state index in [1.54, 1.807) is 0 Å². The lowest BCUT2D eigenvalue weighted by Crippen LogP contribution is -2.13. The molecule has 1 heterocycles. The summed E-state index contributed by atoms with van der Waals surface area (Å²) in [6.07, 6.45) is 1.48. The molecule has 1 aromatic rings. The zero-order valence-electron chi connectivity index (χ0n) is 5.78. The van der Waals surface area contributed by atoms with Crippen LogP contribution >= 0.6 is 0 Å². The van der Waals surface area contributed by atoms with E-state index in [0.29, 0.717) is 5.69 Å². The summed E-state index contributed by atoms with van der Waals surface area (Å²) in [6.45, 7) is 3.25. The summed E-state index contributed by atoms with van der Waals surface area (Å²) in [6, 6.07) is 1.54. The van der Waals surface area contributed by atoms with E-state index in [9.17, 15) is 0 Å². The molecule has 11 heavy (non-hydrogen) atoms. The third-order valence-corrected chi connectivity index (χ3v) is 1.06. The Labute approximate surface area is 63.5 Å². The van der Waals surface area contributed by atoms with Crippen molar-refractivity contribution in [1.82, 2.24) is 15.0 Å². The van der Waals surface area contributed by atoms with E-state index in [1.807, 2.05) is 0 Å². The number of nitrogens with one attached hydrogen (secondary N) is 1. The molecule has 0 atom stereocenters. The van der Waals surface area contributed by atoms with E-state index in [0.717, 1.165) is 0 Å². The van der Waals surface area contributed by atoms with Crippen LogP contribution in [0.2, 0.25) is 0 Å². The zero-order chi connectivity index (χ0) is 8.27. The molecule has 0 unspecified atom stereocenters. The Kier molecular flexibility index (Phi) is 1.91. The minimum Gasteiger partial charge on any atom is -0.381 e. The maximum Gasteiger partial charge on any atom is 0.466 e. The molecule has 0 aliphatic rings. The number of aromatic nitrogens is 2. The first-order valence-electron chi connectivity index (χ1n) is 2.88. The lowest BCUT2D eigenvalue weighted by molar-refractivity contribution is 1.08. The zero-order valence-corrected chi connectivity index (χ0v) is 5.78. The number of rotatable bonds is 2. The average molecular weight is 149 g/mol. The van der Waals surface area contributed by atoms with Crippen LogP contribution in [-0.4, -0.2) is 22.5 Å². The Balaban J connectivity index is 3.10. The van der Waals surface area contributed by atoms with E-state index < -0.39 is 0 Å². The number of nitrogens with two attached hydrogens (primary N) is 1. The molecule has 0 saturated heterocycles. The van der Waals surface area contributed by atoms with Crippen molar-refractivity contribution in [2.45, 2.75) is 0 Å². The second-order valence-corrected chi connectivity index (χ2v) is 1.81. The van der Waals surface area contributed by atoms with Crippen LogP contribution in [0, 0.1) is 5.41 Å². The Hall–Kier alpha value is -1.78. The molecular weight excluding hydrogens is 142 g/mol. The quantitative estimate of drug-likeness (QED) is 0.435. The van der Waals surface area contributed by atoms with Crippen LogP contribution in [-0.2, 0) is 0 Å². The van der Waals surface area contributed by atoms with Crippen molar-refractivity contribution in [2.24, 2.45) is 5.73 Å². The largest absolute Gasteiger partial charge is 0.466 e. The molecule has 0 saturated carbocycles. The Morgan fingerprint density at radius 1 is 1.73 bits per heavy atom. The molecular formula is C6H7N5+. The molecule has 1 aromatic heterocycles. The van der Waals surface area contributed by atoms with Gasteiger partial charge in [-0.3, -0.25) is 5.41 Å². The summed E-state index contributed by atoms with van der Waals surface area (Å²) in [5.41, 5.74) is 5.53. The monoisotopic (exact) mass is 149 g/mol. The molecule has 0 aromatic carbocycles. The van der Waals surface area contributed by atoms with E-state index in [-0.39, 0.29) is 11.8 Å². The van der Waals surface area contributed by atoms with Crippen molar-refractivity contribution < 1.29 is 0 Å². The van der Waals surface area contributed by atoms with Crippen molar-refractivity contribution >= 4 is 18.5 Å². The maximum atomic E-state index is 7.03. The number of aliphatic imine (C=N–C) groups is 1. The van der Waals surface area contributed by atoms with Crippen LogP contribution in [0.5, 0.6) is 0 Å². The third-order valence-electron chi connectivity index (χ3n) is 1.06. The third kappa shape index (κ3) is 1.57. The van der Waals surface area contributed by atoms with Gasteiger partial charge in [-0.15, -0.1) is 0 Å². The summed E-state index contributed by atoms with van der Waals surface area (Å²) in [4.78, 5) is 11.0. The molecule has 0 spiro atoms. The lowest BCUT2D eigenvalue weighted by atomic mass is 10.4. The number of hydrogen-bond acceptors (Lipinski definition) is 4. The van der Waals surface area contributed by atoms with Crippen LogP contribution in [0.4, 0.5) is 5.95 Å². The fourth-order valence-electron chi connectivity index (χ4n) is 0.575. The van der Waals surface area contributed by atoms with Gasteiger partial charge in [-0.05, 0) is 0 Å². The van der Waals surface area contributed by atoms with Crippen molar-refractivity contribution in [3.63, 3.8) is 0 Å². The highest BCUT2D eigenvalue weighted by Gasteiger charge is 2.08. The molecule has 0 amide bonds. The smallest absolute Gasteiger partial charge is 0.381 e. The number of nitrogen functional groups attached to an aromatic ring is 1. The highest BCUT2D eigenvalue weighted by Crippen LogP contribution is 1.96. The number of amidine groups is 1. The molecule has 1 rings (SSSR count). The minimum absolute atomic E-state index is 0.0997. The summed E-state index contributed by atoms with van der Waals surface area (Å²) < 4.78 is 0. The van der Waals surface area contributed by atoms with Gasteiger partial charge in [0.25, 0.3) is 0 Å². The summed E-state index contributed by atoms with van der Waals surface area (Å²) in [7, 11) is 0. The first kappa shape index (κ1) is 7.33. The normalized spacial score (nSPS) is 9.09. The van der Waals surface area contributed by atoms with Crippen molar-refractivity contribution in [2.75, 3.05) is 0 Å². The molecule has 5 nitrogen and oxygen atoms in total. The summed E-state index contributed by atoms with van der Waals surface area (Å²) in [5.74, 6) is 0.134. The average Bonchev–Trinajstić information content (AvgIpc) is 2.05. The molecule has 5 heteroatoms. The Morgan fingerprint density at radius 3 is 3.00 bits per heavy atom. The number of nitrogens with zero attached hydrogens (tertiary/aromatic N) is 3. The molecule has 55 valence electrons. The Bertz CT molecular complexity index is 293. The van der Waals surface area contributed by atoms with Gasteiger partial charge in [0.05, 0.1) is 6.72 Å². The van der Waals surface area contributed by atoms with Crippen LogP contribution < -0.4 is 10.7 Å². The highest BCUT2D eigenvalue weighted by molar-refractivity contribution is 5.93. The molecule has 0 bridgehead atoms. The van der Waals surface area contributed by atoms with Crippen molar-refractivity contribution in [3.8, 4) is 0 Å². The van der Waals surface area contributed by atoms with Crippen molar-refractivity contribution in [1.29, 1.82) is 5.41 Å². The number of hydrogen-bond donors (Lipinski definition) is 2. The fraction of sp³-hybridized carbons (Fsp3) is 0. The molecule has 3 N–H and O–H groups in total. The lowest BCUT2D eigenvalue weighted by Gasteiger charge is -1.87. The fourth-order valence-corrected chi connectivity index (χ4v) is 0.575. The minimum atomic E-state index is -0.0997. The second kappa shape index (κ2) is 2.87. The molecule has 0 aliphatic heterocycles. The van der Waals surface area contributed by atoms with E-state index >= 15 is 0 Å². The van der Waals surface area contributed by atoms with Crippen LogP contribution in [0.3, 0.4) is 0 Å². The van der Waals surface area contributed by atoms with Gasteiger partial charge in [-0.1, -0.05) is 15.0 Å². The summed E-state index contributed by atoms with van der Waals surface area (Å²) in [5, 5.41) is 7.03. The molecule has 1 radical (unpaired) electrons. The maximum absolute atomic E-state index is 7.03. The van der Waals surface area contributed by atoms with E-state index in [2.05, 4.69) is 21.7 Å². The van der Waals surface area contributed by atoms with Gasteiger partial charge in [0.15, 0.2) is 11.5 Å². The Morgan fingerprint density at radius 2 is 2.45 bits per heavy atom. The topological polar surface area (TPSA) is 89.8 Å². The predicted octanol–water partition coefficient (Wildman–Crippen LogP) is -0.571. The first-order valence-corrected chi connectivity index (χ1v) is 2.88. The van der Waals surface area contributed by atoms with Gasteiger partial charge in [-0.25, -0.2) is 0 Å². The molecule has 0 fully saturated rings. The second-order valence-electron chi connectivity index (χ2n) is 1.81. The van der Waals surface area contributed by atoms with Crippen LogP contribution in [0.1, 0.15) is 5.69 Å².